The van der Waals surface area contributed by atoms with Crippen molar-refractivity contribution in [1.82, 2.24) is 9.78 Å². The fourth-order valence-corrected chi connectivity index (χ4v) is 2.50. The van der Waals surface area contributed by atoms with E-state index in [-0.39, 0.29) is 11.4 Å². The van der Waals surface area contributed by atoms with Crippen LogP contribution in [0.15, 0.2) is 35.2 Å². The van der Waals surface area contributed by atoms with Gasteiger partial charge in [-0.2, -0.15) is 13.5 Å². The molecule has 1 N–H and O–H groups in total. The summed E-state index contributed by atoms with van der Waals surface area (Å²) in [5.41, 5.74) is 0.885. The molecule has 0 atom stereocenters. The summed E-state index contributed by atoms with van der Waals surface area (Å²) in [5.74, 6) is -0.555. The first-order valence-electron chi connectivity index (χ1n) is 6.21. The zero-order valence-corrected chi connectivity index (χ0v) is 12.3. The lowest BCUT2D eigenvalue weighted by molar-refractivity contribution is 0.101. The molecule has 0 spiro atoms. The Kier molecular flexibility index (Phi) is 4.08. The van der Waals surface area contributed by atoms with E-state index in [0.717, 1.165) is 11.8 Å². The molecule has 0 aliphatic carbocycles. The van der Waals surface area contributed by atoms with Gasteiger partial charge in [-0.25, -0.2) is 0 Å². The number of benzene rings is 1. The molecule has 6 nitrogen and oxygen atoms in total. The van der Waals surface area contributed by atoms with Crippen LogP contribution in [0.5, 0.6) is 0 Å². The number of hydrogen-bond donors (Lipinski definition) is 1. The molecule has 1 amide bonds. The van der Waals surface area contributed by atoms with Crippen LogP contribution in [0.2, 0.25) is 0 Å². The van der Waals surface area contributed by atoms with Gasteiger partial charge in [0.05, 0.1) is 11.4 Å². The van der Waals surface area contributed by atoms with Gasteiger partial charge < -0.3 is 5.32 Å². The second kappa shape index (κ2) is 5.65. The second-order valence-electron chi connectivity index (χ2n) is 4.39. The van der Waals surface area contributed by atoms with Gasteiger partial charge in [-0.1, -0.05) is 19.1 Å². The lowest BCUT2D eigenvalue weighted by atomic mass is 10.2. The van der Waals surface area contributed by atoms with Crippen molar-refractivity contribution in [1.29, 1.82) is 0 Å². The van der Waals surface area contributed by atoms with Crippen LogP contribution >= 0.6 is 0 Å². The van der Waals surface area contributed by atoms with Crippen LogP contribution in [0.1, 0.15) is 23.1 Å². The minimum atomic E-state index is -4.91. The van der Waals surface area contributed by atoms with Gasteiger partial charge in [0.1, 0.15) is 10.6 Å². The Morgan fingerprint density at radius 3 is 2.62 bits per heavy atom. The van der Waals surface area contributed by atoms with Crippen LogP contribution in [0, 0.1) is 0 Å². The van der Waals surface area contributed by atoms with Crippen molar-refractivity contribution < 1.29 is 17.1 Å². The maximum absolute atomic E-state index is 13.2. The highest BCUT2D eigenvalue weighted by atomic mass is 32.3. The molecule has 0 saturated heterocycles. The van der Waals surface area contributed by atoms with Gasteiger partial charge in [0.2, 0.25) is 0 Å². The fourth-order valence-electron chi connectivity index (χ4n) is 1.88. The van der Waals surface area contributed by atoms with E-state index in [4.69, 9.17) is 0 Å². The number of carbonyl (C=O) groups is 1. The fraction of sp³-hybridized carbons (Fsp3) is 0.231. The van der Waals surface area contributed by atoms with Crippen molar-refractivity contribution in [2.75, 3.05) is 5.32 Å². The van der Waals surface area contributed by atoms with Crippen molar-refractivity contribution >= 4 is 21.8 Å². The predicted octanol–water partition coefficient (Wildman–Crippen LogP) is 1.89. The zero-order chi connectivity index (χ0) is 15.6. The number of anilines is 1. The summed E-state index contributed by atoms with van der Waals surface area (Å²) in [5, 5.41) is 6.52. The minimum Gasteiger partial charge on any atom is -0.319 e. The third kappa shape index (κ3) is 3.27. The number of para-hydroxylation sites is 1. The molecule has 0 radical (unpaired) electrons. The number of aryl methyl sites for hydroxylation is 2. The van der Waals surface area contributed by atoms with Crippen LogP contribution < -0.4 is 5.32 Å². The lowest BCUT2D eigenvalue weighted by Crippen LogP contribution is -2.17. The molecule has 0 unspecified atom stereocenters. The summed E-state index contributed by atoms with van der Waals surface area (Å²) >= 11 is 0. The highest BCUT2D eigenvalue weighted by Crippen LogP contribution is 2.23. The highest BCUT2D eigenvalue weighted by molar-refractivity contribution is 7.86. The van der Waals surface area contributed by atoms with Crippen molar-refractivity contribution in [3.63, 3.8) is 0 Å². The van der Waals surface area contributed by atoms with Gasteiger partial charge in [0.15, 0.2) is 0 Å². The number of amides is 1. The van der Waals surface area contributed by atoms with Gasteiger partial charge in [0, 0.05) is 7.05 Å². The van der Waals surface area contributed by atoms with Crippen LogP contribution in [-0.4, -0.2) is 24.1 Å². The smallest absolute Gasteiger partial charge is 0.319 e. The van der Waals surface area contributed by atoms with E-state index < -0.39 is 21.0 Å². The number of hydrogen-bond acceptors (Lipinski definition) is 4. The average Bonchev–Trinajstić information content (AvgIpc) is 2.79. The van der Waals surface area contributed by atoms with E-state index in [1.54, 1.807) is 13.1 Å². The average molecular weight is 311 g/mol. The molecule has 2 rings (SSSR count). The third-order valence-electron chi connectivity index (χ3n) is 2.92. The molecule has 1 aromatic carbocycles. The molecule has 1 heterocycles. The van der Waals surface area contributed by atoms with Crippen LogP contribution in [0.3, 0.4) is 0 Å². The summed E-state index contributed by atoms with van der Waals surface area (Å²) in [6.07, 6.45) is 0.663. The number of nitrogens with one attached hydrogen (secondary N) is 1. The molecular weight excluding hydrogens is 297 g/mol. The maximum atomic E-state index is 13.2. The quantitative estimate of drug-likeness (QED) is 0.874. The Hall–Kier alpha value is -2.22. The van der Waals surface area contributed by atoms with E-state index in [0.29, 0.717) is 6.42 Å². The molecule has 0 aliphatic rings. The molecule has 112 valence electrons. The summed E-state index contributed by atoms with van der Waals surface area (Å²) in [6, 6.07) is 6.89. The highest BCUT2D eigenvalue weighted by Gasteiger charge is 2.20. The van der Waals surface area contributed by atoms with Gasteiger partial charge in [-0.05, 0) is 24.6 Å². The van der Waals surface area contributed by atoms with Crippen LogP contribution in [0.25, 0.3) is 0 Å². The first kappa shape index (κ1) is 15.2. The molecular formula is C13H14FN3O3S. The first-order valence-corrected chi connectivity index (χ1v) is 7.59. The number of rotatable bonds is 4. The summed E-state index contributed by atoms with van der Waals surface area (Å²) in [6.45, 7) is 1.90. The van der Waals surface area contributed by atoms with Crippen molar-refractivity contribution in [2.45, 2.75) is 18.2 Å². The molecule has 0 bridgehead atoms. The van der Waals surface area contributed by atoms with Crippen molar-refractivity contribution in [3.05, 3.63) is 41.7 Å². The van der Waals surface area contributed by atoms with Crippen LogP contribution in [0.4, 0.5) is 9.57 Å². The second-order valence-corrected chi connectivity index (χ2v) is 5.70. The molecule has 0 fully saturated rings. The Labute approximate surface area is 121 Å². The van der Waals surface area contributed by atoms with E-state index in [2.05, 4.69) is 10.4 Å². The third-order valence-corrected chi connectivity index (χ3v) is 3.80. The Morgan fingerprint density at radius 1 is 1.38 bits per heavy atom. The standard InChI is InChI=1S/C13H14FN3O3S/c1-3-9-8-11(17(2)16-9)13(18)15-10-6-4-5-7-12(10)21(14,19)20/h4-8H,3H2,1-2H3,(H,15,18). The molecule has 8 heteroatoms. The number of nitrogens with zero attached hydrogens (tertiary/aromatic N) is 2. The van der Waals surface area contributed by atoms with Crippen LogP contribution in [-0.2, 0) is 23.7 Å². The van der Waals surface area contributed by atoms with Gasteiger partial charge in [-0.15, -0.1) is 3.89 Å². The van der Waals surface area contributed by atoms with Crippen molar-refractivity contribution in [2.24, 2.45) is 7.05 Å². The van der Waals surface area contributed by atoms with E-state index >= 15 is 0 Å². The summed E-state index contributed by atoms with van der Waals surface area (Å²) in [4.78, 5) is 11.6. The maximum Gasteiger partial charge on any atom is 0.334 e. The molecule has 1 aromatic heterocycles. The van der Waals surface area contributed by atoms with E-state index in [1.807, 2.05) is 6.92 Å². The van der Waals surface area contributed by atoms with Gasteiger partial charge in [-0.3, -0.25) is 9.48 Å². The van der Waals surface area contributed by atoms with Gasteiger partial charge >= 0.3 is 10.2 Å². The molecule has 0 saturated carbocycles. The van der Waals surface area contributed by atoms with Gasteiger partial charge in [0.25, 0.3) is 5.91 Å². The molecule has 2 aromatic rings. The topological polar surface area (TPSA) is 81.1 Å². The normalized spacial score (nSPS) is 11.4. The zero-order valence-electron chi connectivity index (χ0n) is 11.5. The number of aromatic nitrogens is 2. The Bertz CT molecular complexity index is 784. The number of carbonyl (C=O) groups excluding carboxylic acids is 1. The largest absolute Gasteiger partial charge is 0.334 e. The number of halogens is 1. The Balaban J connectivity index is 2.34. The van der Waals surface area contributed by atoms with E-state index in [9.17, 15) is 17.1 Å². The van der Waals surface area contributed by atoms with Crippen molar-refractivity contribution in [3.8, 4) is 0 Å². The summed E-state index contributed by atoms with van der Waals surface area (Å²) in [7, 11) is -3.30. The first-order chi connectivity index (χ1) is 9.82. The minimum absolute atomic E-state index is 0.107. The van der Waals surface area contributed by atoms with E-state index in [1.165, 1.54) is 22.9 Å². The SMILES string of the molecule is CCc1cc(C(=O)Nc2ccccc2S(=O)(=O)F)n(C)n1. The monoisotopic (exact) mass is 311 g/mol. The Morgan fingerprint density at radius 2 is 2.05 bits per heavy atom. The predicted molar refractivity (Wildman–Crippen MR) is 75.3 cm³/mol. The molecule has 21 heavy (non-hydrogen) atoms. The summed E-state index contributed by atoms with van der Waals surface area (Å²) < 4.78 is 36.7. The lowest BCUT2D eigenvalue weighted by Gasteiger charge is -2.08. The molecule has 0 aliphatic heterocycles.